The molecule has 0 radical (unpaired) electrons. The molecule has 0 aromatic heterocycles. The Morgan fingerprint density at radius 2 is 2.00 bits per heavy atom. The number of nitrogens with zero attached hydrogens (tertiary/aromatic N) is 1. The Bertz CT molecular complexity index is 431. The van der Waals surface area contributed by atoms with Crippen molar-refractivity contribution in [2.75, 3.05) is 18.9 Å². The van der Waals surface area contributed by atoms with Gasteiger partial charge in [-0.25, -0.2) is 0 Å². The molecule has 0 saturated carbocycles. The average molecular weight is 266 g/mol. The highest BCUT2D eigenvalue weighted by Crippen LogP contribution is 2.22. The minimum absolute atomic E-state index is 0.00560. The zero-order valence-electron chi connectivity index (χ0n) is 11.5. The highest BCUT2D eigenvalue weighted by Gasteiger charge is 2.23. The number of hydrogen-bond donors (Lipinski definition) is 3. The van der Waals surface area contributed by atoms with Gasteiger partial charge in [-0.05, 0) is 31.0 Å². The van der Waals surface area contributed by atoms with Crippen molar-refractivity contribution >= 4 is 11.6 Å². The van der Waals surface area contributed by atoms with Crippen molar-refractivity contribution in [3.8, 4) is 5.75 Å². The standard InChI is InChI=1S/C14H22N2O3/c1-3-10(4-2)16(7-8-17)14(19)12-9-11(18)5-6-13(12)15/h5-6,9-10,17-18H,3-4,7-8,15H2,1-2H3. The van der Waals surface area contributed by atoms with E-state index in [2.05, 4.69) is 0 Å². The number of nitrogen functional groups attached to an aromatic ring is 1. The van der Waals surface area contributed by atoms with Crippen LogP contribution in [0, 0.1) is 0 Å². The quantitative estimate of drug-likeness (QED) is 0.539. The molecule has 0 unspecified atom stereocenters. The molecule has 1 amide bonds. The van der Waals surface area contributed by atoms with Crippen LogP contribution in [0.1, 0.15) is 37.0 Å². The second-order valence-corrected chi connectivity index (χ2v) is 4.46. The number of phenols is 1. The maximum atomic E-state index is 12.5. The van der Waals surface area contributed by atoms with Gasteiger partial charge in [-0.2, -0.15) is 0 Å². The summed E-state index contributed by atoms with van der Waals surface area (Å²) in [5.74, 6) is -0.248. The van der Waals surface area contributed by atoms with Crippen LogP contribution in [0.3, 0.4) is 0 Å². The molecule has 0 heterocycles. The highest BCUT2D eigenvalue weighted by atomic mass is 16.3. The molecular formula is C14H22N2O3. The lowest BCUT2D eigenvalue weighted by atomic mass is 10.1. The van der Waals surface area contributed by atoms with Gasteiger partial charge in [0.2, 0.25) is 0 Å². The van der Waals surface area contributed by atoms with Crippen molar-refractivity contribution in [2.24, 2.45) is 0 Å². The fourth-order valence-electron chi connectivity index (χ4n) is 2.17. The Labute approximate surface area is 113 Å². The lowest BCUT2D eigenvalue weighted by molar-refractivity contribution is 0.0623. The Morgan fingerprint density at radius 1 is 1.37 bits per heavy atom. The first-order valence-corrected chi connectivity index (χ1v) is 6.55. The van der Waals surface area contributed by atoms with E-state index in [1.54, 1.807) is 4.90 Å². The zero-order valence-corrected chi connectivity index (χ0v) is 11.5. The van der Waals surface area contributed by atoms with Gasteiger partial charge in [-0.3, -0.25) is 4.79 Å². The van der Waals surface area contributed by atoms with Crippen LogP contribution in [0.5, 0.6) is 5.75 Å². The maximum absolute atomic E-state index is 12.5. The molecular weight excluding hydrogens is 244 g/mol. The van der Waals surface area contributed by atoms with E-state index in [4.69, 9.17) is 10.8 Å². The van der Waals surface area contributed by atoms with Gasteiger partial charge in [0.1, 0.15) is 5.75 Å². The van der Waals surface area contributed by atoms with E-state index >= 15 is 0 Å². The molecule has 1 aromatic rings. The molecule has 19 heavy (non-hydrogen) atoms. The third kappa shape index (κ3) is 3.61. The van der Waals surface area contributed by atoms with E-state index in [0.29, 0.717) is 5.69 Å². The number of aliphatic hydroxyl groups excluding tert-OH is 1. The number of carbonyl (C=O) groups excluding carboxylic acids is 1. The van der Waals surface area contributed by atoms with Crippen molar-refractivity contribution < 1.29 is 15.0 Å². The first-order chi connectivity index (χ1) is 9.04. The fraction of sp³-hybridized carbons (Fsp3) is 0.500. The number of phenolic OH excluding ortho intramolecular Hbond substituents is 1. The summed E-state index contributed by atoms with van der Waals surface area (Å²) < 4.78 is 0. The fourth-order valence-corrected chi connectivity index (χ4v) is 2.17. The van der Waals surface area contributed by atoms with E-state index in [-0.39, 0.29) is 36.4 Å². The largest absolute Gasteiger partial charge is 0.508 e. The number of rotatable bonds is 6. The summed E-state index contributed by atoms with van der Waals surface area (Å²) in [5.41, 5.74) is 6.39. The molecule has 0 saturated heterocycles. The van der Waals surface area contributed by atoms with Gasteiger partial charge in [0, 0.05) is 18.3 Å². The molecule has 1 aromatic carbocycles. The molecule has 0 spiro atoms. The number of hydrogen-bond acceptors (Lipinski definition) is 4. The summed E-state index contributed by atoms with van der Waals surface area (Å²) in [7, 11) is 0. The smallest absolute Gasteiger partial charge is 0.256 e. The first kappa shape index (κ1) is 15.3. The normalized spacial score (nSPS) is 10.7. The van der Waals surface area contributed by atoms with Crippen molar-refractivity contribution in [1.82, 2.24) is 4.90 Å². The van der Waals surface area contributed by atoms with Crippen molar-refractivity contribution in [3.05, 3.63) is 23.8 Å². The first-order valence-electron chi connectivity index (χ1n) is 6.55. The summed E-state index contributed by atoms with van der Waals surface area (Å²) in [4.78, 5) is 14.1. The molecule has 0 aliphatic heterocycles. The summed E-state index contributed by atoms with van der Waals surface area (Å²) in [6.07, 6.45) is 1.61. The van der Waals surface area contributed by atoms with E-state index in [9.17, 15) is 9.90 Å². The van der Waals surface area contributed by atoms with Gasteiger partial charge < -0.3 is 20.8 Å². The van der Waals surface area contributed by atoms with Crippen LogP contribution in [-0.2, 0) is 0 Å². The Hall–Kier alpha value is -1.75. The Balaban J connectivity index is 3.08. The molecule has 106 valence electrons. The van der Waals surface area contributed by atoms with Gasteiger partial charge >= 0.3 is 0 Å². The van der Waals surface area contributed by atoms with Gasteiger partial charge in [0.05, 0.1) is 12.2 Å². The third-order valence-corrected chi connectivity index (χ3v) is 3.25. The number of aromatic hydroxyl groups is 1. The second kappa shape index (κ2) is 6.99. The number of carbonyl (C=O) groups is 1. The lowest BCUT2D eigenvalue weighted by Crippen LogP contribution is -2.41. The summed E-state index contributed by atoms with van der Waals surface area (Å²) in [6, 6.07) is 4.37. The molecule has 1 rings (SSSR count). The molecule has 0 bridgehead atoms. The van der Waals surface area contributed by atoms with Crippen LogP contribution in [-0.4, -0.2) is 40.2 Å². The minimum atomic E-state index is -0.254. The molecule has 0 aliphatic rings. The number of anilines is 1. The summed E-state index contributed by atoms with van der Waals surface area (Å²) in [6.45, 7) is 4.16. The number of aliphatic hydroxyl groups is 1. The topological polar surface area (TPSA) is 86.8 Å². The van der Waals surface area contributed by atoms with Gasteiger partial charge in [-0.1, -0.05) is 13.8 Å². The minimum Gasteiger partial charge on any atom is -0.508 e. The molecule has 0 aliphatic carbocycles. The van der Waals surface area contributed by atoms with Crippen molar-refractivity contribution in [2.45, 2.75) is 32.7 Å². The summed E-state index contributed by atoms with van der Waals surface area (Å²) >= 11 is 0. The number of benzene rings is 1. The van der Waals surface area contributed by atoms with E-state index in [1.807, 2.05) is 13.8 Å². The Morgan fingerprint density at radius 3 is 2.53 bits per heavy atom. The third-order valence-electron chi connectivity index (χ3n) is 3.25. The molecule has 0 fully saturated rings. The van der Waals surface area contributed by atoms with Crippen LogP contribution in [0.2, 0.25) is 0 Å². The van der Waals surface area contributed by atoms with E-state index in [0.717, 1.165) is 12.8 Å². The average Bonchev–Trinajstić information content (AvgIpc) is 2.41. The molecule has 5 nitrogen and oxygen atoms in total. The lowest BCUT2D eigenvalue weighted by Gasteiger charge is -2.30. The summed E-state index contributed by atoms with van der Waals surface area (Å²) in [5, 5.41) is 18.6. The SMILES string of the molecule is CCC(CC)N(CCO)C(=O)c1cc(O)ccc1N. The Kier molecular flexibility index (Phi) is 5.63. The van der Waals surface area contributed by atoms with Gasteiger partial charge in [-0.15, -0.1) is 0 Å². The van der Waals surface area contributed by atoms with Crippen LogP contribution in [0.15, 0.2) is 18.2 Å². The maximum Gasteiger partial charge on any atom is 0.256 e. The van der Waals surface area contributed by atoms with Crippen LogP contribution in [0.25, 0.3) is 0 Å². The molecule has 4 N–H and O–H groups in total. The van der Waals surface area contributed by atoms with Gasteiger partial charge in [0.15, 0.2) is 0 Å². The molecule has 0 atom stereocenters. The van der Waals surface area contributed by atoms with Crippen molar-refractivity contribution in [3.63, 3.8) is 0 Å². The van der Waals surface area contributed by atoms with Crippen molar-refractivity contribution in [1.29, 1.82) is 0 Å². The second-order valence-electron chi connectivity index (χ2n) is 4.46. The zero-order chi connectivity index (χ0) is 14.4. The predicted octanol–water partition coefficient (Wildman–Crippen LogP) is 1.60. The molecule has 5 heteroatoms. The van der Waals surface area contributed by atoms with Gasteiger partial charge in [0.25, 0.3) is 5.91 Å². The van der Waals surface area contributed by atoms with Crippen LogP contribution in [0.4, 0.5) is 5.69 Å². The monoisotopic (exact) mass is 266 g/mol. The van der Waals surface area contributed by atoms with Crippen LogP contribution >= 0.6 is 0 Å². The number of nitrogens with two attached hydrogens (primary N) is 1. The van der Waals surface area contributed by atoms with E-state index < -0.39 is 0 Å². The van der Waals surface area contributed by atoms with Crippen LogP contribution < -0.4 is 5.73 Å². The number of amides is 1. The highest BCUT2D eigenvalue weighted by molar-refractivity contribution is 5.99. The van der Waals surface area contributed by atoms with E-state index in [1.165, 1.54) is 18.2 Å². The predicted molar refractivity (Wildman–Crippen MR) is 75.0 cm³/mol.